The Balaban J connectivity index is 2.87. The van der Waals surface area contributed by atoms with Crippen LogP contribution in [0.5, 0.6) is 0 Å². The Morgan fingerprint density at radius 3 is 2.00 bits per heavy atom. The van der Waals surface area contributed by atoms with Crippen molar-refractivity contribution in [2.24, 2.45) is 0 Å². The maximum Gasteiger partial charge on any atom is 0.408 e. The standard InChI is InChI=1S/C9H17NO3/c1-8(2,3)10(7(12)13)9(6-11)4-5-9/h11H,4-6H2,1-3H3,(H,12,13). The largest absolute Gasteiger partial charge is 0.465 e. The van der Waals surface area contributed by atoms with E-state index in [1.165, 1.54) is 4.90 Å². The highest BCUT2D eigenvalue weighted by atomic mass is 16.4. The third-order valence-electron chi connectivity index (χ3n) is 2.46. The highest BCUT2D eigenvalue weighted by molar-refractivity contribution is 5.68. The number of hydrogen-bond donors (Lipinski definition) is 2. The van der Waals surface area contributed by atoms with Crippen LogP contribution in [0.2, 0.25) is 0 Å². The molecule has 0 spiro atoms. The second kappa shape index (κ2) is 2.87. The molecule has 1 fully saturated rings. The first-order valence-corrected chi connectivity index (χ1v) is 4.48. The summed E-state index contributed by atoms with van der Waals surface area (Å²) in [4.78, 5) is 12.4. The van der Waals surface area contributed by atoms with Crippen LogP contribution >= 0.6 is 0 Å². The molecule has 0 radical (unpaired) electrons. The number of rotatable bonds is 2. The highest BCUT2D eigenvalue weighted by Crippen LogP contribution is 2.44. The van der Waals surface area contributed by atoms with Crippen LogP contribution in [0.4, 0.5) is 4.79 Å². The smallest absolute Gasteiger partial charge is 0.408 e. The number of aliphatic hydroxyl groups is 1. The Morgan fingerprint density at radius 1 is 1.46 bits per heavy atom. The normalized spacial score (nSPS) is 19.7. The van der Waals surface area contributed by atoms with Gasteiger partial charge in [-0.3, -0.25) is 4.90 Å². The van der Waals surface area contributed by atoms with Gasteiger partial charge < -0.3 is 10.2 Å². The lowest BCUT2D eigenvalue weighted by Crippen LogP contribution is -2.54. The van der Waals surface area contributed by atoms with Gasteiger partial charge in [-0.15, -0.1) is 0 Å². The number of amides is 1. The van der Waals surface area contributed by atoms with Gasteiger partial charge in [-0.1, -0.05) is 0 Å². The summed E-state index contributed by atoms with van der Waals surface area (Å²) in [5.74, 6) is 0. The monoisotopic (exact) mass is 187 g/mol. The van der Waals surface area contributed by atoms with E-state index in [9.17, 15) is 4.79 Å². The van der Waals surface area contributed by atoms with E-state index in [4.69, 9.17) is 10.2 Å². The molecule has 0 atom stereocenters. The Hall–Kier alpha value is -0.770. The molecule has 1 rings (SSSR count). The van der Waals surface area contributed by atoms with Crippen LogP contribution in [0.3, 0.4) is 0 Å². The zero-order valence-electron chi connectivity index (χ0n) is 8.37. The lowest BCUT2D eigenvalue weighted by molar-refractivity contribution is 0.0348. The van der Waals surface area contributed by atoms with E-state index < -0.39 is 17.2 Å². The maximum absolute atomic E-state index is 11.0. The van der Waals surface area contributed by atoms with Crippen molar-refractivity contribution in [2.45, 2.75) is 44.7 Å². The lowest BCUT2D eigenvalue weighted by atomic mass is 10.0. The van der Waals surface area contributed by atoms with Gasteiger partial charge in [0, 0.05) is 5.54 Å². The van der Waals surface area contributed by atoms with Crippen molar-refractivity contribution in [1.82, 2.24) is 4.90 Å². The molecule has 0 aliphatic heterocycles. The lowest BCUT2D eigenvalue weighted by Gasteiger charge is -2.39. The summed E-state index contributed by atoms with van der Waals surface area (Å²) < 4.78 is 0. The molecule has 0 aromatic carbocycles. The molecule has 0 aromatic rings. The number of aliphatic hydroxyl groups excluding tert-OH is 1. The van der Waals surface area contributed by atoms with E-state index in [0.29, 0.717) is 0 Å². The van der Waals surface area contributed by atoms with Crippen molar-refractivity contribution >= 4 is 6.09 Å². The Labute approximate surface area is 78.2 Å². The van der Waals surface area contributed by atoms with Gasteiger partial charge in [0.1, 0.15) is 0 Å². The number of carbonyl (C=O) groups is 1. The number of carboxylic acid groups (broad SMARTS) is 1. The van der Waals surface area contributed by atoms with Crippen molar-refractivity contribution in [3.63, 3.8) is 0 Å². The molecule has 13 heavy (non-hydrogen) atoms. The summed E-state index contributed by atoms with van der Waals surface area (Å²) in [7, 11) is 0. The van der Waals surface area contributed by atoms with E-state index >= 15 is 0 Å². The van der Waals surface area contributed by atoms with Crippen LogP contribution in [0.1, 0.15) is 33.6 Å². The SMILES string of the molecule is CC(C)(C)N(C(=O)O)C1(CO)CC1. The molecule has 1 aliphatic rings. The molecule has 2 N–H and O–H groups in total. The first-order valence-electron chi connectivity index (χ1n) is 4.48. The van der Waals surface area contributed by atoms with Gasteiger partial charge in [0.05, 0.1) is 12.1 Å². The van der Waals surface area contributed by atoms with Crippen LogP contribution in [-0.4, -0.2) is 38.9 Å². The third-order valence-corrected chi connectivity index (χ3v) is 2.46. The molecule has 1 saturated carbocycles. The number of hydrogen-bond acceptors (Lipinski definition) is 2. The minimum Gasteiger partial charge on any atom is -0.465 e. The molecule has 0 saturated heterocycles. The second-order valence-electron chi connectivity index (χ2n) is 4.67. The fourth-order valence-corrected chi connectivity index (χ4v) is 1.80. The van der Waals surface area contributed by atoms with Crippen LogP contribution in [-0.2, 0) is 0 Å². The van der Waals surface area contributed by atoms with Gasteiger partial charge in [0.15, 0.2) is 0 Å². The van der Waals surface area contributed by atoms with Crippen LogP contribution < -0.4 is 0 Å². The topological polar surface area (TPSA) is 60.8 Å². The Kier molecular flexibility index (Phi) is 2.28. The van der Waals surface area contributed by atoms with Gasteiger partial charge in [-0.2, -0.15) is 0 Å². The summed E-state index contributed by atoms with van der Waals surface area (Å²) in [6.45, 7) is 5.46. The van der Waals surface area contributed by atoms with Gasteiger partial charge in [-0.05, 0) is 33.6 Å². The first kappa shape index (κ1) is 10.3. The van der Waals surface area contributed by atoms with Crippen molar-refractivity contribution in [1.29, 1.82) is 0 Å². The quantitative estimate of drug-likeness (QED) is 0.684. The minimum absolute atomic E-state index is 0.0728. The van der Waals surface area contributed by atoms with Gasteiger partial charge in [0.2, 0.25) is 0 Å². The average Bonchev–Trinajstić information content (AvgIpc) is 2.65. The Morgan fingerprint density at radius 2 is 1.92 bits per heavy atom. The first-order chi connectivity index (χ1) is 5.83. The van der Waals surface area contributed by atoms with E-state index in [1.807, 2.05) is 20.8 Å². The molecular formula is C9H17NO3. The molecule has 0 heterocycles. The van der Waals surface area contributed by atoms with E-state index in [1.54, 1.807) is 0 Å². The fourth-order valence-electron chi connectivity index (χ4n) is 1.80. The van der Waals surface area contributed by atoms with Crippen LogP contribution in [0, 0.1) is 0 Å². The molecular weight excluding hydrogens is 170 g/mol. The van der Waals surface area contributed by atoms with E-state index in [0.717, 1.165) is 12.8 Å². The maximum atomic E-state index is 11.0. The summed E-state index contributed by atoms with van der Waals surface area (Å²) in [6, 6.07) is 0. The van der Waals surface area contributed by atoms with Gasteiger partial charge in [0.25, 0.3) is 0 Å². The fraction of sp³-hybridized carbons (Fsp3) is 0.889. The highest BCUT2D eigenvalue weighted by Gasteiger charge is 2.53. The zero-order valence-corrected chi connectivity index (χ0v) is 8.37. The molecule has 1 aliphatic carbocycles. The van der Waals surface area contributed by atoms with Crippen molar-refractivity contribution in [3.8, 4) is 0 Å². The predicted molar refractivity (Wildman–Crippen MR) is 48.7 cm³/mol. The summed E-state index contributed by atoms with van der Waals surface area (Å²) in [5.41, 5.74) is -0.935. The third kappa shape index (κ3) is 1.77. The minimum atomic E-state index is -0.945. The second-order valence-corrected chi connectivity index (χ2v) is 4.67. The molecule has 0 aromatic heterocycles. The summed E-state index contributed by atoms with van der Waals surface area (Å²) in [5, 5.41) is 18.2. The van der Waals surface area contributed by atoms with Crippen LogP contribution in [0.15, 0.2) is 0 Å². The van der Waals surface area contributed by atoms with E-state index in [2.05, 4.69) is 0 Å². The number of nitrogens with zero attached hydrogens (tertiary/aromatic N) is 1. The van der Waals surface area contributed by atoms with Gasteiger partial charge in [-0.25, -0.2) is 4.79 Å². The summed E-state index contributed by atoms with van der Waals surface area (Å²) in [6.07, 6.45) is 0.596. The van der Waals surface area contributed by atoms with Crippen molar-refractivity contribution in [2.75, 3.05) is 6.61 Å². The average molecular weight is 187 g/mol. The summed E-state index contributed by atoms with van der Waals surface area (Å²) >= 11 is 0. The van der Waals surface area contributed by atoms with Crippen molar-refractivity contribution < 1.29 is 15.0 Å². The predicted octanol–water partition coefficient (Wildman–Crippen LogP) is 1.29. The van der Waals surface area contributed by atoms with Crippen molar-refractivity contribution in [3.05, 3.63) is 0 Å². The molecule has 1 amide bonds. The molecule has 0 bridgehead atoms. The molecule has 4 nitrogen and oxygen atoms in total. The van der Waals surface area contributed by atoms with Crippen LogP contribution in [0.25, 0.3) is 0 Å². The molecule has 4 heteroatoms. The zero-order chi connectivity index (χ0) is 10.3. The van der Waals surface area contributed by atoms with Gasteiger partial charge >= 0.3 is 6.09 Å². The van der Waals surface area contributed by atoms with E-state index in [-0.39, 0.29) is 6.61 Å². The Bertz CT molecular complexity index is 215. The molecule has 0 unspecified atom stereocenters. The molecule has 76 valence electrons.